The van der Waals surface area contributed by atoms with Gasteiger partial charge in [0, 0.05) is 0 Å². The number of carboxylic acids is 1. The molecule has 1 atom stereocenters. The maximum Gasteiger partial charge on any atom is 0.324 e. The van der Waals surface area contributed by atoms with Crippen LogP contribution in [0.25, 0.3) is 0 Å². The van der Waals surface area contributed by atoms with Gasteiger partial charge in [0.2, 0.25) is 0 Å². The van der Waals surface area contributed by atoms with Gasteiger partial charge in [-0.25, -0.2) is 0 Å². The van der Waals surface area contributed by atoms with E-state index in [0.29, 0.717) is 12.8 Å². The lowest BCUT2D eigenvalue weighted by Gasteiger charge is -2.22. The van der Waals surface area contributed by atoms with Gasteiger partial charge < -0.3 is 10.4 Å². The van der Waals surface area contributed by atoms with Crippen LogP contribution in [0.3, 0.4) is 0 Å². The Kier molecular flexibility index (Phi) is 2.29. The van der Waals surface area contributed by atoms with E-state index < -0.39 is 11.5 Å². The first kappa shape index (κ1) is 8.27. The van der Waals surface area contributed by atoms with Crippen molar-refractivity contribution in [2.75, 3.05) is 6.54 Å². The van der Waals surface area contributed by atoms with Gasteiger partial charge in [0.1, 0.15) is 5.54 Å². The number of hydrogen-bond acceptors (Lipinski definition) is 2. The number of carboxylic acid groups (broad SMARTS) is 1. The van der Waals surface area contributed by atoms with Gasteiger partial charge >= 0.3 is 5.97 Å². The molecule has 0 saturated carbocycles. The van der Waals surface area contributed by atoms with Crippen LogP contribution in [-0.4, -0.2) is 23.2 Å². The SMILES string of the molecule is C=CC[C@@]1(C(=O)O)CCCN1. The quantitative estimate of drug-likeness (QED) is 0.592. The van der Waals surface area contributed by atoms with E-state index in [0.717, 1.165) is 13.0 Å². The summed E-state index contributed by atoms with van der Waals surface area (Å²) in [6.45, 7) is 4.35. The maximum atomic E-state index is 10.8. The zero-order chi connectivity index (χ0) is 8.32. The van der Waals surface area contributed by atoms with Crippen LogP contribution in [0, 0.1) is 0 Å². The van der Waals surface area contributed by atoms with Crippen molar-refractivity contribution in [2.45, 2.75) is 24.8 Å². The molecule has 0 bridgehead atoms. The van der Waals surface area contributed by atoms with E-state index in [9.17, 15) is 4.79 Å². The molecule has 1 saturated heterocycles. The Hall–Kier alpha value is -0.830. The van der Waals surface area contributed by atoms with Crippen molar-refractivity contribution in [3.63, 3.8) is 0 Å². The molecule has 0 amide bonds. The summed E-state index contributed by atoms with van der Waals surface area (Å²) in [6.07, 6.45) is 3.84. The van der Waals surface area contributed by atoms with Crippen molar-refractivity contribution in [2.24, 2.45) is 0 Å². The molecule has 1 aliphatic heterocycles. The van der Waals surface area contributed by atoms with Gasteiger partial charge in [0.15, 0.2) is 0 Å². The number of rotatable bonds is 3. The standard InChI is InChI=1S/C8H13NO2/c1-2-4-8(7(10)11)5-3-6-9-8/h2,9H,1,3-6H2,(H,10,11)/t8-/m0/s1. The Balaban J connectivity index is 2.69. The molecule has 3 nitrogen and oxygen atoms in total. The van der Waals surface area contributed by atoms with Crippen molar-refractivity contribution in [3.05, 3.63) is 12.7 Å². The molecule has 0 aromatic heterocycles. The van der Waals surface area contributed by atoms with Crippen LogP contribution < -0.4 is 5.32 Å². The van der Waals surface area contributed by atoms with E-state index in [1.807, 2.05) is 0 Å². The van der Waals surface area contributed by atoms with Crippen molar-refractivity contribution in [1.29, 1.82) is 0 Å². The molecule has 2 N–H and O–H groups in total. The van der Waals surface area contributed by atoms with Crippen LogP contribution >= 0.6 is 0 Å². The van der Waals surface area contributed by atoms with Crippen LogP contribution in [0.1, 0.15) is 19.3 Å². The highest BCUT2D eigenvalue weighted by Gasteiger charge is 2.39. The van der Waals surface area contributed by atoms with E-state index in [4.69, 9.17) is 5.11 Å². The second-order valence-corrected chi connectivity index (χ2v) is 2.91. The van der Waals surface area contributed by atoms with Crippen LogP contribution in [0.15, 0.2) is 12.7 Å². The van der Waals surface area contributed by atoms with Gasteiger partial charge in [-0.1, -0.05) is 6.08 Å². The van der Waals surface area contributed by atoms with E-state index in [1.165, 1.54) is 0 Å². The third-order valence-electron chi connectivity index (χ3n) is 2.15. The van der Waals surface area contributed by atoms with E-state index in [-0.39, 0.29) is 0 Å². The van der Waals surface area contributed by atoms with Gasteiger partial charge in [0.05, 0.1) is 0 Å². The fourth-order valence-corrected chi connectivity index (χ4v) is 1.50. The average Bonchev–Trinajstić information content (AvgIpc) is 2.38. The van der Waals surface area contributed by atoms with E-state index in [1.54, 1.807) is 6.08 Å². The highest BCUT2D eigenvalue weighted by atomic mass is 16.4. The highest BCUT2D eigenvalue weighted by Crippen LogP contribution is 2.23. The average molecular weight is 155 g/mol. The molecular weight excluding hydrogens is 142 g/mol. The second-order valence-electron chi connectivity index (χ2n) is 2.91. The zero-order valence-electron chi connectivity index (χ0n) is 6.47. The minimum absolute atomic E-state index is 0.516. The predicted octanol–water partition coefficient (Wildman–Crippen LogP) is 0.769. The summed E-state index contributed by atoms with van der Waals surface area (Å²) in [5.41, 5.74) is -0.707. The van der Waals surface area contributed by atoms with Crippen molar-refractivity contribution in [3.8, 4) is 0 Å². The topological polar surface area (TPSA) is 49.3 Å². The van der Waals surface area contributed by atoms with Crippen LogP contribution in [-0.2, 0) is 4.79 Å². The molecule has 0 unspecified atom stereocenters. The summed E-state index contributed by atoms with van der Waals surface area (Å²) in [5, 5.41) is 11.9. The molecule has 62 valence electrons. The summed E-state index contributed by atoms with van der Waals surface area (Å²) in [6, 6.07) is 0. The van der Waals surface area contributed by atoms with Crippen LogP contribution in [0.5, 0.6) is 0 Å². The fraction of sp³-hybridized carbons (Fsp3) is 0.625. The van der Waals surface area contributed by atoms with Gasteiger partial charge in [0.25, 0.3) is 0 Å². The molecular formula is C8H13NO2. The van der Waals surface area contributed by atoms with Crippen LogP contribution in [0.2, 0.25) is 0 Å². The number of nitrogens with one attached hydrogen (secondary N) is 1. The van der Waals surface area contributed by atoms with E-state index in [2.05, 4.69) is 11.9 Å². The lowest BCUT2D eigenvalue weighted by atomic mass is 9.94. The Labute approximate surface area is 66.1 Å². The van der Waals surface area contributed by atoms with Gasteiger partial charge in [-0.2, -0.15) is 0 Å². The minimum Gasteiger partial charge on any atom is -0.480 e. The monoisotopic (exact) mass is 155 g/mol. The fourth-order valence-electron chi connectivity index (χ4n) is 1.50. The molecule has 3 heteroatoms. The van der Waals surface area contributed by atoms with Gasteiger partial charge in [-0.15, -0.1) is 6.58 Å². The summed E-state index contributed by atoms with van der Waals surface area (Å²) in [4.78, 5) is 10.8. The lowest BCUT2D eigenvalue weighted by Crippen LogP contribution is -2.46. The third-order valence-corrected chi connectivity index (χ3v) is 2.15. The molecule has 0 radical (unpaired) electrons. The molecule has 1 aliphatic rings. The zero-order valence-corrected chi connectivity index (χ0v) is 6.47. The summed E-state index contributed by atoms with van der Waals surface area (Å²) >= 11 is 0. The lowest BCUT2D eigenvalue weighted by molar-refractivity contribution is -0.144. The minimum atomic E-state index is -0.755. The molecule has 0 aromatic rings. The summed E-state index contributed by atoms with van der Waals surface area (Å²) in [5.74, 6) is -0.755. The molecule has 1 rings (SSSR count). The molecule has 0 aromatic carbocycles. The van der Waals surface area contributed by atoms with Crippen molar-refractivity contribution in [1.82, 2.24) is 5.32 Å². The predicted molar refractivity (Wildman–Crippen MR) is 42.4 cm³/mol. The third kappa shape index (κ3) is 1.43. The Morgan fingerprint density at radius 1 is 1.82 bits per heavy atom. The van der Waals surface area contributed by atoms with Crippen LogP contribution in [0.4, 0.5) is 0 Å². The first-order valence-electron chi connectivity index (χ1n) is 3.80. The van der Waals surface area contributed by atoms with Gasteiger partial charge in [-0.05, 0) is 25.8 Å². The first-order valence-corrected chi connectivity index (χ1v) is 3.80. The van der Waals surface area contributed by atoms with Gasteiger partial charge in [-0.3, -0.25) is 4.79 Å². The number of hydrogen-bond donors (Lipinski definition) is 2. The number of carbonyl (C=O) groups is 1. The molecule has 0 aliphatic carbocycles. The van der Waals surface area contributed by atoms with Crippen molar-refractivity contribution < 1.29 is 9.90 Å². The molecule has 11 heavy (non-hydrogen) atoms. The summed E-state index contributed by atoms with van der Waals surface area (Å²) in [7, 11) is 0. The molecule has 1 heterocycles. The first-order chi connectivity index (χ1) is 5.21. The largest absolute Gasteiger partial charge is 0.480 e. The Morgan fingerprint density at radius 2 is 2.55 bits per heavy atom. The summed E-state index contributed by atoms with van der Waals surface area (Å²) < 4.78 is 0. The Bertz CT molecular complexity index is 171. The highest BCUT2D eigenvalue weighted by molar-refractivity contribution is 5.79. The number of aliphatic carboxylic acids is 1. The maximum absolute atomic E-state index is 10.8. The molecule has 0 spiro atoms. The second kappa shape index (κ2) is 3.05. The smallest absolute Gasteiger partial charge is 0.324 e. The van der Waals surface area contributed by atoms with Crippen molar-refractivity contribution >= 4 is 5.97 Å². The Morgan fingerprint density at radius 3 is 2.91 bits per heavy atom. The molecule has 1 fully saturated rings. The normalized spacial score (nSPS) is 30.2. The van der Waals surface area contributed by atoms with E-state index >= 15 is 0 Å².